The van der Waals surface area contributed by atoms with Gasteiger partial charge in [0.05, 0.1) is 5.92 Å². The summed E-state index contributed by atoms with van der Waals surface area (Å²) in [6.07, 6.45) is 0.413. The average Bonchev–Trinajstić information content (AvgIpc) is 2.99. The number of rotatable bonds is 10. The van der Waals surface area contributed by atoms with Gasteiger partial charge in [-0.25, -0.2) is 0 Å². The van der Waals surface area contributed by atoms with Gasteiger partial charge in [-0.3, -0.25) is 19.3 Å². The molecule has 1 saturated heterocycles. The zero-order chi connectivity index (χ0) is 27.9. The molecule has 40 heavy (non-hydrogen) atoms. The topological polar surface area (TPSA) is 74.7 Å². The van der Waals surface area contributed by atoms with E-state index < -0.39 is 11.9 Å². The third-order valence-electron chi connectivity index (χ3n) is 7.83. The summed E-state index contributed by atoms with van der Waals surface area (Å²) in [5.41, 5.74) is 4.46. The third kappa shape index (κ3) is 6.44. The minimum Gasteiger partial charge on any atom is -0.481 e. The Balaban J connectivity index is 1.30. The lowest BCUT2D eigenvalue weighted by atomic mass is 9.76. The van der Waals surface area contributed by atoms with Gasteiger partial charge in [-0.2, -0.15) is 0 Å². The van der Waals surface area contributed by atoms with Crippen LogP contribution in [0.3, 0.4) is 0 Å². The number of ketones is 2. The van der Waals surface area contributed by atoms with E-state index in [0.29, 0.717) is 37.2 Å². The Kier molecular flexibility index (Phi) is 8.62. The van der Waals surface area contributed by atoms with Gasteiger partial charge in [0, 0.05) is 49.9 Å². The zero-order valence-corrected chi connectivity index (χ0v) is 22.4. The number of hydrogen-bond donors (Lipinski definition) is 1. The van der Waals surface area contributed by atoms with Crippen LogP contribution in [-0.2, 0) is 16.1 Å². The molecule has 1 heterocycles. The van der Waals surface area contributed by atoms with E-state index in [9.17, 15) is 19.5 Å². The molecule has 4 aromatic rings. The molecule has 0 bridgehead atoms. The summed E-state index contributed by atoms with van der Waals surface area (Å²) in [4.78, 5) is 40.3. The minimum atomic E-state index is -1.01. The number of carboxylic acids is 1. The van der Waals surface area contributed by atoms with Crippen LogP contribution in [0.25, 0.3) is 0 Å². The first-order chi connectivity index (χ1) is 19.5. The van der Waals surface area contributed by atoms with E-state index in [1.165, 1.54) is 0 Å². The summed E-state index contributed by atoms with van der Waals surface area (Å²) >= 11 is 0. The van der Waals surface area contributed by atoms with E-state index in [-0.39, 0.29) is 29.8 Å². The number of Topliss-reactive ketones (excluding diaryl/α,β-unsaturated/α-hetero) is 2. The number of piperidine rings is 1. The van der Waals surface area contributed by atoms with Crippen LogP contribution in [0.5, 0.6) is 0 Å². The summed E-state index contributed by atoms with van der Waals surface area (Å²) in [6.45, 7) is 2.01. The Hall–Kier alpha value is -4.35. The van der Waals surface area contributed by atoms with Gasteiger partial charge in [-0.05, 0) is 22.3 Å². The van der Waals surface area contributed by atoms with E-state index in [4.69, 9.17) is 0 Å². The summed E-state index contributed by atoms with van der Waals surface area (Å²) < 4.78 is 0. The highest BCUT2D eigenvalue weighted by atomic mass is 16.4. The first-order valence-electron chi connectivity index (χ1n) is 13.7. The van der Waals surface area contributed by atoms with Crippen LogP contribution in [0.15, 0.2) is 115 Å². The molecule has 1 aliphatic rings. The number of aliphatic carboxylic acids is 1. The molecule has 2 unspecified atom stereocenters. The molecule has 202 valence electrons. The van der Waals surface area contributed by atoms with E-state index in [0.717, 1.165) is 16.7 Å². The molecule has 0 spiro atoms. The molecule has 0 aliphatic carbocycles. The number of benzene rings is 4. The second-order valence-electron chi connectivity index (χ2n) is 10.5. The monoisotopic (exact) mass is 531 g/mol. The highest BCUT2D eigenvalue weighted by Gasteiger charge is 2.35. The van der Waals surface area contributed by atoms with Gasteiger partial charge in [-0.1, -0.05) is 115 Å². The fourth-order valence-corrected chi connectivity index (χ4v) is 5.73. The molecule has 5 heteroatoms. The second-order valence-corrected chi connectivity index (χ2v) is 10.5. The molecule has 1 N–H and O–H groups in total. The molecule has 5 rings (SSSR count). The maximum Gasteiger partial charge on any atom is 0.311 e. The van der Waals surface area contributed by atoms with Gasteiger partial charge in [0.15, 0.2) is 5.78 Å². The normalized spacial score (nSPS) is 16.5. The number of nitrogens with zero attached hydrogens (tertiary/aromatic N) is 1. The Morgan fingerprint density at radius 3 is 1.85 bits per heavy atom. The van der Waals surface area contributed by atoms with E-state index >= 15 is 0 Å². The van der Waals surface area contributed by atoms with Crippen LogP contribution in [0.1, 0.15) is 57.3 Å². The highest BCUT2D eigenvalue weighted by molar-refractivity contribution is 5.99. The highest BCUT2D eigenvalue weighted by Crippen LogP contribution is 2.36. The lowest BCUT2D eigenvalue weighted by molar-refractivity contribution is -0.138. The molecule has 0 amide bonds. The van der Waals surface area contributed by atoms with Crippen LogP contribution in [0, 0.1) is 5.92 Å². The smallest absolute Gasteiger partial charge is 0.311 e. The zero-order valence-electron chi connectivity index (χ0n) is 22.4. The van der Waals surface area contributed by atoms with Gasteiger partial charge in [0.25, 0.3) is 0 Å². The molecule has 0 radical (unpaired) electrons. The first-order valence-corrected chi connectivity index (χ1v) is 13.7. The van der Waals surface area contributed by atoms with Crippen molar-refractivity contribution in [2.45, 2.75) is 31.2 Å². The van der Waals surface area contributed by atoms with Gasteiger partial charge in [0.1, 0.15) is 5.78 Å². The number of hydrogen-bond acceptors (Lipinski definition) is 4. The van der Waals surface area contributed by atoms with Crippen molar-refractivity contribution in [1.29, 1.82) is 0 Å². The molecule has 4 aromatic carbocycles. The fraction of sp³-hybridized carbons (Fsp3) is 0.229. The molecular weight excluding hydrogens is 498 g/mol. The number of carbonyl (C=O) groups is 3. The van der Waals surface area contributed by atoms with Crippen molar-refractivity contribution in [2.75, 3.05) is 13.1 Å². The summed E-state index contributed by atoms with van der Waals surface area (Å²) in [7, 11) is 0. The first kappa shape index (κ1) is 27.2. The molecule has 5 nitrogen and oxygen atoms in total. The minimum absolute atomic E-state index is 0.0152. The van der Waals surface area contributed by atoms with Crippen molar-refractivity contribution in [1.82, 2.24) is 4.90 Å². The second kappa shape index (κ2) is 12.7. The lowest BCUT2D eigenvalue weighted by Crippen LogP contribution is -2.43. The molecule has 1 aliphatic heterocycles. The standard InChI is InChI=1S/C35H33NO4/c37-32-20-21-36(24-31(32)34(28-12-6-2-7-13-28)29-14-8-3-9-15-29)23-25-16-18-26(19-17-25)30(35(39)40)22-33(38)27-10-4-1-5-11-27/h1-19,30-31,34H,20-24H2,(H,39,40). The van der Waals surface area contributed by atoms with Crippen LogP contribution in [0.2, 0.25) is 0 Å². The lowest BCUT2D eigenvalue weighted by Gasteiger charge is -2.36. The van der Waals surface area contributed by atoms with Crippen molar-refractivity contribution in [3.8, 4) is 0 Å². The molecule has 0 aromatic heterocycles. The van der Waals surface area contributed by atoms with E-state index in [2.05, 4.69) is 29.2 Å². The van der Waals surface area contributed by atoms with E-state index in [1.807, 2.05) is 66.7 Å². The quantitative estimate of drug-likeness (QED) is 0.241. The van der Waals surface area contributed by atoms with Crippen molar-refractivity contribution < 1.29 is 19.5 Å². The van der Waals surface area contributed by atoms with Crippen LogP contribution in [-0.4, -0.2) is 40.6 Å². The number of carboxylic acid groups (broad SMARTS) is 1. The summed E-state index contributed by atoms with van der Waals surface area (Å²) in [5.74, 6) is -1.99. The Morgan fingerprint density at radius 1 is 0.750 bits per heavy atom. The fourth-order valence-electron chi connectivity index (χ4n) is 5.73. The maximum absolute atomic E-state index is 13.2. The predicted octanol–water partition coefficient (Wildman–Crippen LogP) is 6.35. The molecule has 2 atom stereocenters. The van der Waals surface area contributed by atoms with Crippen LogP contribution in [0.4, 0.5) is 0 Å². The van der Waals surface area contributed by atoms with E-state index in [1.54, 1.807) is 24.3 Å². The molecular formula is C35H33NO4. The Labute approximate surface area is 235 Å². The summed E-state index contributed by atoms with van der Waals surface area (Å²) in [6, 6.07) is 36.8. The third-order valence-corrected chi connectivity index (χ3v) is 7.83. The van der Waals surface area contributed by atoms with Crippen molar-refractivity contribution in [2.24, 2.45) is 5.92 Å². The molecule has 0 saturated carbocycles. The largest absolute Gasteiger partial charge is 0.481 e. The van der Waals surface area contributed by atoms with Crippen molar-refractivity contribution in [3.05, 3.63) is 143 Å². The Bertz CT molecular complexity index is 1400. The number of likely N-dealkylation sites (tertiary alicyclic amines) is 1. The van der Waals surface area contributed by atoms with Gasteiger partial charge < -0.3 is 5.11 Å². The number of carbonyl (C=O) groups excluding carboxylic acids is 2. The van der Waals surface area contributed by atoms with Gasteiger partial charge in [-0.15, -0.1) is 0 Å². The van der Waals surface area contributed by atoms with Gasteiger partial charge >= 0.3 is 5.97 Å². The summed E-state index contributed by atoms with van der Waals surface area (Å²) in [5, 5.41) is 9.85. The SMILES string of the molecule is O=C(CC(C(=O)O)c1ccc(CN2CCC(=O)C(C(c3ccccc3)c3ccccc3)C2)cc1)c1ccccc1. The van der Waals surface area contributed by atoms with Gasteiger partial charge in [0.2, 0.25) is 0 Å². The predicted molar refractivity (Wildman–Crippen MR) is 155 cm³/mol. The van der Waals surface area contributed by atoms with Crippen LogP contribution < -0.4 is 0 Å². The maximum atomic E-state index is 13.2. The van der Waals surface area contributed by atoms with Crippen molar-refractivity contribution >= 4 is 17.5 Å². The van der Waals surface area contributed by atoms with Crippen LogP contribution >= 0.6 is 0 Å². The molecule has 1 fully saturated rings. The average molecular weight is 532 g/mol. The van der Waals surface area contributed by atoms with Crippen molar-refractivity contribution in [3.63, 3.8) is 0 Å². The Morgan fingerprint density at radius 2 is 1.30 bits per heavy atom.